The molecule has 0 bridgehead atoms. The molecule has 1 fully saturated rings. The average Bonchev–Trinajstić information content (AvgIpc) is 2.94. The molecule has 2 N–H and O–H groups in total. The number of aryl methyl sites for hydroxylation is 2. The fourth-order valence-electron chi connectivity index (χ4n) is 3.46. The van der Waals surface area contributed by atoms with Crippen LogP contribution in [-0.2, 0) is 5.60 Å². The number of hydrogen-bond donors (Lipinski definition) is 2. The van der Waals surface area contributed by atoms with Gasteiger partial charge in [0.2, 0.25) is 0 Å². The molecular weight excluding hydrogens is 302 g/mol. The van der Waals surface area contributed by atoms with Crippen LogP contribution in [0.3, 0.4) is 0 Å². The maximum atomic E-state index is 10.8. The number of rotatable bonds is 5. The molecule has 3 rings (SSSR count). The summed E-state index contributed by atoms with van der Waals surface area (Å²) in [6, 6.07) is 8.38. The number of aliphatic hydroxyl groups is 1. The third-order valence-electron chi connectivity index (χ3n) is 4.82. The summed E-state index contributed by atoms with van der Waals surface area (Å²) >= 11 is 0. The number of aromatic nitrogens is 1. The van der Waals surface area contributed by atoms with E-state index in [0.717, 1.165) is 48.8 Å². The van der Waals surface area contributed by atoms with Gasteiger partial charge in [0, 0.05) is 37.4 Å². The van der Waals surface area contributed by atoms with Crippen LogP contribution in [0.4, 0.5) is 5.82 Å². The Hall–Kier alpha value is -1.85. The van der Waals surface area contributed by atoms with Crippen LogP contribution in [0.2, 0.25) is 0 Å². The first-order valence-corrected chi connectivity index (χ1v) is 8.65. The summed E-state index contributed by atoms with van der Waals surface area (Å²) in [5.74, 6) is 2.68. The highest BCUT2D eigenvalue weighted by Crippen LogP contribution is 2.27. The predicted octanol–water partition coefficient (Wildman–Crippen LogP) is 2.76. The van der Waals surface area contributed by atoms with E-state index in [1.807, 2.05) is 45.2 Å². The molecule has 24 heavy (non-hydrogen) atoms. The summed E-state index contributed by atoms with van der Waals surface area (Å²) in [6.45, 7) is 8.16. The van der Waals surface area contributed by atoms with Crippen LogP contribution in [0.5, 0.6) is 0 Å². The first-order valence-electron chi connectivity index (χ1n) is 8.65. The van der Waals surface area contributed by atoms with Crippen molar-refractivity contribution >= 4 is 5.82 Å². The molecule has 1 saturated heterocycles. The summed E-state index contributed by atoms with van der Waals surface area (Å²) in [7, 11) is 0. The summed E-state index contributed by atoms with van der Waals surface area (Å²) in [5, 5.41) is 14.3. The van der Waals surface area contributed by atoms with Crippen molar-refractivity contribution in [3.63, 3.8) is 0 Å². The molecule has 0 aromatic carbocycles. The highest BCUT2D eigenvalue weighted by Gasteiger charge is 2.29. The van der Waals surface area contributed by atoms with Gasteiger partial charge in [0.1, 0.15) is 22.9 Å². The van der Waals surface area contributed by atoms with Crippen LogP contribution in [-0.4, -0.2) is 35.8 Å². The molecule has 5 nitrogen and oxygen atoms in total. The lowest BCUT2D eigenvalue weighted by molar-refractivity contribution is 0.0513. The molecular formula is C19H27N3O2. The lowest BCUT2D eigenvalue weighted by atomic mass is 9.95. The van der Waals surface area contributed by atoms with Crippen LogP contribution in [0.1, 0.15) is 36.8 Å². The third-order valence-corrected chi connectivity index (χ3v) is 4.82. The zero-order valence-corrected chi connectivity index (χ0v) is 14.7. The van der Waals surface area contributed by atoms with Gasteiger partial charge in [0.25, 0.3) is 0 Å². The van der Waals surface area contributed by atoms with Crippen molar-refractivity contribution in [2.24, 2.45) is 0 Å². The second kappa shape index (κ2) is 6.95. The third kappa shape index (κ3) is 3.79. The zero-order valence-electron chi connectivity index (χ0n) is 14.7. The monoisotopic (exact) mass is 329 g/mol. The molecule has 1 unspecified atom stereocenters. The van der Waals surface area contributed by atoms with Gasteiger partial charge in [-0.3, -0.25) is 0 Å². The van der Waals surface area contributed by atoms with Crippen LogP contribution in [0.25, 0.3) is 0 Å². The van der Waals surface area contributed by atoms with Gasteiger partial charge in [-0.2, -0.15) is 0 Å². The number of anilines is 1. The smallest absolute Gasteiger partial charge is 0.128 e. The molecule has 0 aliphatic carbocycles. The topological polar surface area (TPSA) is 61.5 Å². The highest BCUT2D eigenvalue weighted by molar-refractivity contribution is 5.38. The zero-order chi connectivity index (χ0) is 17.2. The second-order valence-corrected chi connectivity index (χ2v) is 6.93. The predicted molar refractivity (Wildman–Crippen MR) is 95.2 cm³/mol. The molecule has 3 heterocycles. The molecule has 0 saturated carbocycles. The van der Waals surface area contributed by atoms with E-state index in [9.17, 15) is 5.11 Å². The Morgan fingerprint density at radius 2 is 2.08 bits per heavy atom. The van der Waals surface area contributed by atoms with Crippen molar-refractivity contribution in [1.82, 2.24) is 10.3 Å². The molecule has 5 heteroatoms. The SMILES string of the molecule is Cc1cc(C(C)(O)CNC2CCN(c3ccccn3)CC2)c(C)o1. The van der Waals surface area contributed by atoms with Crippen molar-refractivity contribution < 1.29 is 9.52 Å². The van der Waals surface area contributed by atoms with E-state index in [1.165, 1.54) is 0 Å². The van der Waals surface area contributed by atoms with Crippen molar-refractivity contribution in [3.05, 3.63) is 47.5 Å². The normalized spacial score (nSPS) is 18.6. The molecule has 2 aromatic heterocycles. The number of hydrogen-bond acceptors (Lipinski definition) is 5. The molecule has 1 aliphatic rings. The number of nitrogens with zero attached hydrogens (tertiary/aromatic N) is 2. The van der Waals surface area contributed by atoms with Gasteiger partial charge in [-0.05, 0) is 51.8 Å². The van der Waals surface area contributed by atoms with Crippen molar-refractivity contribution in [1.29, 1.82) is 0 Å². The minimum Gasteiger partial charge on any atom is -0.466 e. The molecule has 1 aliphatic heterocycles. The first-order chi connectivity index (χ1) is 11.5. The van der Waals surface area contributed by atoms with Gasteiger partial charge < -0.3 is 19.7 Å². The molecule has 0 radical (unpaired) electrons. The molecule has 0 spiro atoms. The molecule has 0 amide bonds. The highest BCUT2D eigenvalue weighted by atomic mass is 16.3. The molecule has 2 aromatic rings. The Kier molecular flexibility index (Phi) is 4.92. The molecule has 130 valence electrons. The summed E-state index contributed by atoms with van der Waals surface area (Å²) in [5.41, 5.74) is -0.0432. The van der Waals surface area contributed by atoms with E-state index in [4.69, 9.17) is 4.42 Å². The van der Waals surface area contributed by atoms with Crippen LogP contribution in [0, 0.1) is 13.8 Å². The van der Waals surface area contributed by atoms with Crippen LogP contribution < -0.4 is 10.2 Å². The Bertz CT molecular complexity index is 659. The van der Waals surface area contributed by atoms with E-state index >= 15 is 0 Å². The summed E-state index contributed by atoms with van der Waals surface area (Å²) in [4.78, 5) is 6.74. The Labute approximate surface area is 143 Å². The van der Waals surface area contributed by atoms with Crippen LogP contribution in [0.15, 0.2) is 34.9 Å². The largest absolute Gasteiger partial charge is 0.466 e. The molecule has 1 atom stereocenters. The summed E-state index contributed by atoms with van der Waals surface area (Å²) in [6.07, 6.45) is 3.94. The van der Waals surface area contributed by atoms with E-state index in [-0.39, 0.29) is 0 Å². The van der Waals surface area contributed by atoms with Crippen LogP contribution >= 0.6 is 0 Å². The van der Waals surface area contributed by atoms with Gasteiger partial charge in [-0.25, -0.2) is 4.98 Å². The number of piperidine rings is 1. The van der Waals surface area contributed by atoms with Gasteiger partial charge in [-0.15, -0.1) is 0 Å². The fraction of sp³-hybridized carbons (Fsp3) is 0.526. The van der Waals surface area contributed by atoms with Gasteiger partial charge in [0.15, 0.2) is 0 Å². The minimum absolute atomic E-state index is 0.421. The van der Waals surface area contributed by atoms with Gasteiger partial charge >= 0.3 is 0 Å². The Morgan fingerprint density at radius 3 is 2.67 bits per heavy atom. The van der Waals surface area contributed by atoms with E-state index in [0.29, 0.717) is 12.6 Å². The van der Waals surface area contributed by atoms with E-state index < -0.39 is 5.60 Å². The standard InChI is InChI=1S/C19H27N3O2/c1-14-12-17(15(2)24-14)19(3,23)13-21-16-7-10-22(11-8-16)18-6-4-5-9-20-18/h4-6,9,12,16,21,23H,7-8,10-11,13H2,1-3H3. The fourth-order valence-corrected chi connectivity index (χ4v) is 3.46. The van der Waals surface area contributed by atoms with Crippen molar-refractivity contribution in [2.75, 3.05) is 24.5 Å². The van der Waals surface area contributed by atoms with E-state index in [2.05, 4.69) is 21.3 Å². The van der Waals surface area contributed by atoms with E-state index in [1.54, 1.807) is 0 Å². The average molecular weight is 329 g/mol. The number of pyridine rings is 1. The number of furan rings is 1. The lowest BCUT2D eigenvalue weighted by Gasteiger charge is -2.35. The van der Waals surface area contributed by atoms with Gasteiger partial charge in [-0.1, -0.05) is 6.07 Å². The first kappa shape index (κ1) is 17.0. The van der Waals surface area contributed by atoms with Crippen molar-refractivity contribution in [3.8, 4) is 0 Å². The maximum Gasteiger partial charge on any atom is 0.128 e. The lowest BCUT2D eigenvalue weighted by Crippen LogP contribution is -2.47. The Balaban J connectivity index is 1.52. The van der Waals surface area contributed by atoms with Gasteiger partial charge in [0.05, 0.1) is 0 Å². The number of nitrogens with one attached hydrogen (secondary N) is 1. The quantitative estimate of drug-likeness (QED) is 0.883. The second-order valence-electron chi connectivity index (χ2n) is 6.93. The Morgan fingerprint density at radius 1 is 1.33 bits per heavy atom. The summed E-state index contributed by atoms with van der Waals surface area (Å²) < 4.78 is 5.55. The minimum atomic E-state index is -0.917. The maximum absolute atomic E-state index is 10.8. The van der Waals surface area contributed by atoms with Crippen molar-refractivity contribution in [2.45, 2.75) is 45.3 Å².